The van der Waals surface area contributed by atoms with E-state index in [1.165, 1.54) is 0 Å². The van der Waals surface area contributed by atoms with Gasteiger partial charge in [-0.05, 0) is 84.4 Å². The van der Waals surface area contributed by atoms with Gasteiger partial charge in [0.1, 0.15) is 6.10 Å². The molecule has 8 heteroatoms. The van der Waals surface area contributed by atoms with E-state index in [1.807, 2.05) is 26.8 Å². The van der Waals surface area contributed by atoms with Crippen LogP contribution >= 0.6 is 11.6 Å². The van der Waals surface area contributed by atoms with Gasteiger partial charge in [-0.1, -0.05) is 51.4 Å². The molecule has 2 heterocycles. The molecule has 2 bridgehead atoms. The van der Waals surface area contributed by atoms with Crippen molar-refractivity contribution < 1.29 is 28.6 Å². The second-order valence-electron chi connectivity index (χ2n) is 13.7. The number of hydrogen-bond donors (Lipinski definition) is 1. The van der Waals surface area contributed by atoms with Crippen molar-refractivity contribution in [2.75, 3.05) is 6.61 Å². The molecule has 1 N–H and O–H groups in total. The van der Waals surface area contributed by atoms with Crippen molar-refractivity contribution >= 4 is 28.4 Å². The predicted octanol–water partition coefficient (Wildman–Crippen LogP) is 5.88. The number of carbonyl (C=O) groups excluding carboxylic acids is 1. The number of allylic oxidation sites excluding steroid dienone is 1. The molecule has 1 aromatic carbocycles. The molecule has 1 saturated heterocycles. The number of nitrogens with zero attached hydrogens (tertiary/aromatic N) is 1. The van der Waals surface area contributed by atoms with E-state index in [9.17, 15) is 9.90 Å². The van der Waals surface area contributed by atoms with E-state index in [2.05, 4.69) is 38.9 Å². The minimum absolute atomic E-state index is 0.0000219. The predicted molar refractivity (Wildman–Crippen MR) is 145 cm³/mol. The quantitative estimate of drug-likeness (QED) is 0.464. The minimum Gasteiger partial charge on any atom is -0.464 e. The first-order valence-electron chi connectivity index (χ1n) is 13.9. The van der Waals surface area contributed by atoms with Gasteiger partial charge in [0.25, 0.3) is 5.88 Å². The van der Waals surface area contributed by atoms with Crippen LogP contribution in [0.4, 0.5) is 0 Å². The smallest absolute Gasteiger partial charge is 0.262 e. The van der Waals surface area contributed by atoms with Gasteiger partial charge in [-0.25, -0.2) is 0 Å². The highest BCUT2D eigenvalue weighted by molar-refractivity contribution is 6.31. The summed E-state index contributed by atoms with van der Waals surface area (Å²) in [5, 5.41) is 18.6. The Labute approximate surface area is 233 Å². The van der Waals surface area contributed by atoms with Gasteiger partial charge in [0.2, 0.25) is 0 Å². The van der Waals surface area contributed by atoms with Gasteiger partial charge < -0.3 is 23.8 Å². The summed E-state index contributed by atoms with van der Waals surface area (Å²) in [7, 11) is 0. The second kappa shape index (κ2) is 7.55. The number of ether oxygens (including phenoxy) is 3. The van der Waals surface area contributed by atoms with E-state index in [-0.39, 0.29) is 40.9 Å². The molecular formula is C31H36ClNO6. The lowest BCUT2D eigenvalue weighted by atomic mass is 9.58. The molecule has 4 aliphatic carbocycles. The molecule has 1 aliphatic heterocycles. The second-order valence-corrected chi connectivity index (χ2v) is 14.1. The standard InChI is InChI=1S/C31H36ClNO6/c1-15-13-30-16(2)10-22-27(3,4)29(22,7)20(23(30)34)11-17-14-36-28(5,6)38-25(17)31(30,35)24(15)37-26-19-12-18(32)8-9-21(19)39-33-26/h8-9,11-13,16,20,22,24-25,35H,10,14H2,1-7H3/t16-,20-,22+,24+,25-,29+,30+,31-/m1/s1. The Kier molecular flexibility index (Phi) is 4.99. The number of benzene rings is 1. The summed E-state index contributed by atoms with van der Waals surface area (Å²) < 4.78 is 24.8. The molecule has 0 radical (unpaired) electrons. The Hall–Kier alpha value is -2.19. The van der Waals surface area contributed by atoms with Crippen LogP contribution in [-0.2, 0) is 14.3 Å². The number of hydrogen-bond acceptors (Lipinski definition) is 7. The maximum atomic E-state index is 15.0. The average molecular weight is 554 g/mol. The molecular weight excluding hydrogens is 518 g/mol. The first-order valence-corrected chi connectivity index (χ1v) is 14.3. The summed E-state index contributed by atoms with van der Waals surface area (Å²) in [4.78, 5) is 15.0. The number of aliphatic hydroxyl groups is 1. The first kappa shape index (κ1) is 25.8. The van der Waals surface area contributed by atoms with Crippen molar-refractivity contribution in [3.63, 3.8) is 0 Å². The van der Waals surface area contributed by atoms with Gasteiger partial charge in [0.05, 0.1) is 17.4 Å². The minimum atomic E-state index is -1.74. The first-order chi connectivity index (χ1) is 18.2. The van der Waals surface area contributed by atoms with Crippen molar-refractivity contribution in [1.82, 2.24) is 5.16 Å². The lowest BCUT2D eigenvalue weighted by molar-refractivity contribution is -0.301. The van der Waals surface area contributed by atoms with Crippen LogP contribution in [0.2, 0.25) is 5.02 Å². The van der Waals surface area contributed by atoms with Crippen LogP contribution in [0.25, 0.3) is 11.0 Å². The molecule has 7 rings (SSSR count). The molecule has 2 saturated carbocycles. The molecule has 0 unspecified atom stereocenters. The maximum absolute atomic E-state index is 15.0. The monoisotopic (exact) mass is 553 g/mol. The Bertz CT molecular complexity index is 1490. The summed E-state index contributed by atoms with van der Waals surface area (Å²) in [6, 6.07) is 5.19. The lowest BCUT2D eigenvalue weighted by Gasteiger charge is -2.52. The van der Waals surface area contributed by atoms with Crippen molar-refractivity contribution in [2.24, 2.45) is 34.0 Å². The molecule has 0 amide bonds. The number of ketones is 1. The third kappa shape index (κ3) is 2.95. The summed E-state index contributed by atoms with van der Waals surface area (Å²) in [5.74, 6) is -0.881. The summed E-state index contributed by atoms with van der Waals surface area (Å²) in [6.07, 6.45) is 3.14. The summed E-state index contributed by atoms with van der Waals surface area (Å²) >= 11 is 6.28. The van der Waals surface area contributed by atoms with Crippen molar-refractivity contribution in [3.8, 4) is 5.88 Å². The van der Waals surface area contributed by atoms with Crippen molar-refractivity contribution in [1.29, 1.82) is 0 Å². The topological polar surface area (TPSA) is 91.0 Å². The van der Waals surface area contributed by atoms with Gasteiger partial charge in [0, 0.05) is 10.9 Å². The van der Waals surface area contributed by atoms with Crippen molar-refractivity contribution in [3.05, 3.63) is 46.5 Å². The van der Waals surface area contributed by atoms with Gasteiger partial charge in [-0.3, -0.25) is 4.79 Å². The van der Waals surface area contributed by atoms with E-state index < -0.39 is 29.0 Å². The molecule has 1 aromatic heterocycles. The van der Waals surface area contributed by atoms with Crippen LogP contribution in [-0.4, -0.2) is 46.2 Å². The van der Waals surface area contributed by atoms with Crippen LogP contribution in [0.1, 0.15) is 54.9 Å². The molecule has 2 aromatic rings. The maximum Gasteiger partial charge on any atom is 0.262 e. The molecule has 1 spiro atoms. The van der Waals surface area contributed by atoms with E-state index in [4.69, 9.17) is 30.3 Å². The van der Waals surface area contributed by atoms with E-state index >= 15 is 0 Å². The zero-order chi connectivity index (χ0) is 27.9. The zero-order valence-electron chi connectivity index (χ0n) is 23.5. The van der Waals surface area contributed by atoms with Crippen molar-refractivity contribution in [2.45, 2.75) is 78.5 Å². The fourth-order valence-electron chi connectivity index (χ4n) is 8.85. The van der Waals surface area contributed by atoms with E-state index in [0.29, 0.717) is 21.9 Å². The van der Waals surface area contributed by atoms with Crippen LogP contribution < -0.4 is 4.74 Å². The van der Waals surface area contributed by atoms with Gasteiger partial charge in [-0.2, -0.15) is 0 Å². The third-order valence-electron chi connectivity index (χ3n) is 11.3. The zero-order valence-corrected chi connectivity index (χ0v) is 24.3. The highest BCUT2D eigenvalue weighted by atomic mass is 35.5. The number of carbonyl (C=O) groups is 1. The van der Waals surface area contributed by atoms with Crippen LogP contribution in [0.15, 0.2) is 46.0 Å². The Morgan fingerprint density at radius 1 is 1.18 bits per heavy atom. The number of halogens is 1. The van der Waals surface area contributed by atoms with E-state index in [0.717, 1.165) is 17.6 Å². The Morgan fingerprint density at radius 3 is 2.67 bits per heavy atom. The average Bonchev–Trinajstić information content (AvgIpc) is 3.11. The molecule has 208 valence electrons. The van der Waals surface area contributed by atoms with E-state index in [1.54, 1.807) is 18.2 Å². The fraction of sp³-hybridized carbons (Fsp3) is 0.613. The highest BCUT2D eigenvalue weighted by Gasteiger charge is 2.81. The Morgan fingerprint density at radius 2 is 1.92 bits per heavy atom. The van der Waals surface area contributed by atoms with Crippen LogP contribution in [0, 0.1) is 34.0 Å². The largest absolute Gasteiger partial charge is 0.464 e. The van der Waals surface area contributed by atoms with Crippen LogP contribution in [0.5, 0.6) is 5.88 Å². The normalized spacial score (nSPS) is 43.4. The SMILES string of the molecule is CC1=C[C@]23C(=O)[C@@H](C=C4COC(C)(C)O[C@H]4[C@]2(O)[C@H]1Oc1noc2ccc(Cl)cc12)[C@@]1(C)[C@@H](C[C@H]3C)C1(C)C. The molecule has 8 atom stereocenters. The third-order valence-corrected chi connectivity index (χ3v) is 11.5. The Balaban J connectivity index is 1.44. The molecule has 7 nitrogen and oxygen atoms in total. The highest BCUT2D eigenvalue weighted by Crippen LogP contribution is 2.79. The molecule has 5 aliphatic rings. The van der Waals surface area contributed by atoms with Gasteiger partial charge >= 0.3 is 0 Å². The number of aromatic nitrogens is 1. The number of rotatable bonds is 2. The van der Waals surface area contributed by atoms with Gasteiger partial charge in [0.15, 0.2) is 28.9 Å². The summed E-state index contributed by atoms with van der Waals surface area (Å²) in [5.41, 5.74) is -1.10. The van der Waals surface area contributed by atoms with Gasteiger partial charge in [-0.15, -0.1) is 0 Å². The molecule has 3 fully saturated rings. The lowest BCUT2D eigenvalue weighted by Crippen LogP contribution is -2.68. The number of Topliss-reactive ketones (excluding diaryl/α,β-unsaturated/α-hetero) is 1. The summed E-state index contributed by atoms with van der Waals surface area (Å²) in [6.45, 7) is 14.7. The molecule has 39 heavy (non-hydrogen) atoms. The fourth-order valence-corrected chi connectivity index (χ4v) is 9.02. The number of fused-ring (bicyclic) bond motifs is 6. The van der Waals surface area contributed by atoms with Crippen LogP contribution in [0.3, 0.4) is 0 Å².